The van der Waals surface area contributed by atoms with E-state index in [2.05, 4.69) is 16.0 Å². The second kappa shape index (κ2) is 8.43. The SMILES string of the molecule is CN(C)C(=O)CN1CCC[C@@]1(CCCc1cccnc1)C(=O)N(C)C. The number of pyridine rings is 1. The van der Waals surface area contributed by atoms with E-state index < -0.39 is 5.54 Å². The number of rotatable bonds is 7. The summed E-state index contributed by atoms with van der Waals surface area (Å²) >= 11 is 0. The van der Waals surface area contributed by atoms with Crippen molar-refractivity contribution in [3.05, 3.63) is 30.1 Å². The molecule has 0 aromatic carbocycles. The Balaban J connectivity index is 2.12. The van der Waals surface area contributed by atoms with Crippen LogP contribution in [0.25, 0.3) is 0 Å². The molecule has 1 saturated heterocycles. The van der Waals surface area contributed by atoms with E-state index in [0.717, 1.165) is 38.6 Å². The van der Waals surface area contributed by atoms with Gasteiger partial charge in [-0.15, -0.1) is 0 Å². The number of likely N-dealkylation sites (tertiary alicyclic amines) is 1. The Morgan fingerprint density at radius 2 is 2.00 bits per heavy atom. The van der Waals surface area contributed by atoms with Crippen molar-refractivity contribution in [3.8, 4) is 0 Å². The first-order chi connectivity index (χ1) is 11.9. The Kier molecular flexibility index (Phi) is 6.53. The lowest BCUT2D eigenvalue weighted by atomic mass is 9.87. The van der Waals surface area contributed by atoms with Gasteiger partial charge in [0.25, 0.3) is 0 Å². The third-order valence-corrected chi connectivity index (χ3v) is 5.03. The van der Waals surface area contributed by atoms with Crippen molar-refractivity contribution < 1.29 is 9.59 Å². The van der Waals surface area contributed by atoms with Crippen LogP contribution in [0.15, 0.2) is 24.5 Å². The molecule has 1 aliphatic heterocycles. The molecule has 1 aliphatic rings. The summed E-state index contributed by atoms with van der Waals surface area (Å²) in [5, 5.41) is 0. The van der Waals surface area contributed by atoms with E-state index in [9.17, 15) is 9.59 Å². The van der Waals surface area contributed by atoms with Crippen molar-refractivity contribution >= 4 is 11.8 Å². The molecule has 0 aliphatic carbocycles. The zero-order valence-electron chi connectivity index (χ0n) is 15.9. The number of carbonyl (C=O) groups is 2. The first kappa shape index (κ1) is 19.4. The van der Waals surface area contributed by atoms with E-state index in [-0.39, 0.29) is 11.8 Å². The molecule has 6 nitrogen and oxygen atoms in total. The second-order valence-electron chi connectivity index (χ2n) is 7.26. The lowest BCUT2D eigenvalue weighted by Gasteiger charge is -2.39. The van der Waals surface area contributed by atoms with Gasteiger partial charge in [-0.05, 0) is 50.3 Å². The summed E-state index contributed by atoms with van der Waals surface area (Å²) in [6, 6.07) is 4.00. The van der Waals surface area contributed by atoms with Gasteiger partial charge in [0.2, 0.25) is 11.8 Å². The van der Waals surface area contributed by atoms with Crippen molar-refractivity contribution in [2.45, 2.75) is 37.6 Å². The number of hydrogen-bond acceptors (Lipinski definition) is 4. The predicted octanol–water partition coefficient (Wildman–Crippen LogP) is 1.42. The van der Waals surface area contributed by atoms with Gasteiger partial charge in [-0.1, -0.05) is 6.07 Å². The van der Waals surface area contributed by atoms with Crippen LogP contribution < -0.4 is 0 Å². The van der Waals surface area contributed by atoms with Gasteiger partial charge in [-0.2, -0.15) is 0 Å². The first-order valence-corrected chi connectivity index (χ1v) is 8.93. The molecule has 0 radical (unpaired) electrons. The van der Waals surface area contributed by atoms with Gasteiger partial charge in [0.15, 0.2) is 0 Å². The second-order valence-corrected chi connectivity index (χ2v) is 7.26. The first-order valence-electron chi connectivity index (χ1n) is 8.93. The van der Waals surface area contributed by atoms with Crippen LogP contribution in [0, 0.1) is 0 Å². The Bertz CT molecular complexity index is 588. The summed E-state index contributed by atoms with van der Waals surface area (Å²) in [5.74, 6) is 0.160. The van der Waals surface area contributed by atoms with Crippen molar-refractivity contribution in [1.82, 2.24) is 19.7 Å². The van der Waals surface area contributed by atoms with Crippen LogP contribution in [0.4, 0.5) is 0 Å². The van der Waals surface area contributed by atoms with Crippen molar-refractivity contribution in [2.24, 2.45) is 0 Å². The van der Waals surface area contributed by atoms with Crippen LogP contribution >= 0.6 is 0 Å². The van der Waals surface area contributed by atoms with Crippen LogP contribution in [0.3, 0.4) is 0 Å². The fraction of sp³-hybridized carbons (Fsp3) is 0.632. The van der Waals surface area contributed by atoms with E-state index in [1.807, 2.05) is 12.3 Å². The quantitative estimate of drug-likeness (QED) is 0.749. The van der Waals surface area contributed by atoms with Crippen LogP contribution in [-0.4, -0.2) is 78.3 Å². The maximum absolute atomic E-state index is 13.0. The molecule has 0 bridgehead atoms. The Morgan fingerprint density at radius 1 is 1.24 bits per heavy atom. The fourth-order valence-corrected chi connectivity index (χ4v) is 3.65. The Morgan fingerprint density at radius 3 is 2.60 bits per heavy atom. The minimum Gasteiger partial charge on any atom is -0.348 e. The standard InChI is InChI=1S/C19H30N4O2/c1-21(2)17(24)15-23-13-7-11-19(23,18(25)22(3)4)10-5-8-16-9-6-12-20-14-16/h6,9,12,14H,5,7-8,10-11,13,15H2,1-4H3/t19-/m0/s1. The summed E-state index contributed by atoms with van der Waals surface area (Å²) in [7, 11) is 7.12. The summed E-state index contributed by atoms with van der Waals surface area (Å²) in [5.41, 5.74) is 0.626. The van der Waals surface area contributed by atoms with Crippen LogP contribution in [0.2, 0.25) is 0 Å². The highest BCUT2D eigenvalue weighted by Gasteiger charge is 2.48. The van der Waals surface area contributed by atoms with E-state index in [1.165, 1.54) is 5.56 Å². The zero-order chi connectivity index (χ0) is 18.4. The van der Waals surface area contributed by atoms with Crippen LogP contribution in [0.5, 0.6) is 0 Å². The summed E-state index contributed by atoms with van der Waals surface area (Å²) in [6.45, 7) is 1.10. The van der Waals surface area contributed by atoms with Gasteiger partial charge in [0, 0.05) is 40.6 Å². The number of likely N-dealkylation sites (N-methyl/N-ethyl adjacent to an activating group) is 2. The van der Waals surface area contributed by atoms with Gasteiger partial charge in [-0.25, -0.2) is 0 Å². The van der Waals surface area contributed by atoms with Crippen LogP contribution in [-0.2, 0) is 16.0 Å². The lowest BCUT2D eigenvalue weighted by molar-refractivity contribution is -0.143. The summed E-state index contributed by atoms with van der Waals surface area (Å²) < 4.78 is 0. The molecular formula is C19H30N4O2. The highest BCUT2D eigenvalue weighted by molar-refractivity contribution is 5.87. The molecule has 138 valence electrons. The average molecular weight is 346 g/mol. The highest BCUT2D eigenvalue weighted by atomic mass is 16.2. The van der Waals surface area contributed by atoms with Crippen molar-refractivity contribution in [1.29, 1.82) is 0 Å². The number of aromatic nitrogens is 1. The highest BCUT2D eigenvalue weighted by Crippen LogP contribution is 2.35. The molecule has 1 aromatic rings. The Hall–Kier alpha value is -1.95. The molecular weight excluding hydrogens is 316 g/mol. The third-order valence-electron chi connectivity index (χ3n) is 5.03. The largest absolute Gasteiger partial charge is 0.348 e. The normalized spacial score (nSPS) is 20.5. The van der Waals surface area contributed by atoms with Gasteiger partial charge in [0.05, 0.1) is 6.54 Å². The van der Waals surface area contributed by atoms with Crippen molar-refractivity contribution in [3.63, 3.8) is 0 Å². The lowest BCUT2D eigenvalue weighted by Crippen LogP contribution is -2.57. The van der Waals surface area contributed by atoms with E-state index in [1.54, 1.807) is 44.2 Å². The molecule has 0 unspecified atom stereocenters. The zero-order valence-corrected chi connectivity index (χ0v) is 15.9. The van der Waals surface area contributed by atoms with E-state index in [0.29, 0.717) is 6.54 Å². The molecule has 2 amide bonds. The molecule has 6 heteroatoms. The third kappa shape index (κ3) is 4.57. The van der Waals surface area contributed by atoms with Gasteiger partial charge < -0.3 is 9.80 Å². The number of carbonyl (C=O) groups excluding carboxylic acids is 2. The predicted molar refractivity (Wildman–Crippen MR) is 98.1 cm³/mol. The number of amides is 2. The minimum atomic E-state index is -0.558. The molecule has 1 fully saturated rings. The van der Waals surface area contributed by atoms with E-state index >= 15 is 0 Å². The van der Waals surface area contributed by atoms with Gasteiger partial charge in [0.1, 0.15) is 5.54 Å². The monoisotopic (exact) mass is 346 g/mol. The topological polar surface area (TPSA) is 56.8 Å². The maximum atomic E-state index is 13.0. The van der Waals surface area contributed by atoms with E-state index in [4.69, 9.17) is 0 Å². The molecule has 25 heavy (non-hydrogen) atoms. The molecule has 0 N–H and O–H groups in total. The smallest absolute Gasteiger partial charge is 0.242 e. The number of aryl methyl sites for hydroxylation is 1. The van der Waals surface area contributed by atoms with Crippen molar-refractivity contribution in [2.75, 3.05) is 41.3 Å². The Labute approximate surface area is 150 Å². The number of hydrogen-bond donors (Lipinski definition) is 0. The summed E-state index contributed by atoms with van der Waals surface area (Å²) in [6.07, 6.45) is 7.98. The van der Waals surface area contributed by atoms with Crippen LogP contribution in [0.1, 0.15) is 31.2 Å². The molecule has 0 spiro atoms. The molecule has 1 atom stereocenters. The maximum Gasteiger partial charge on any atom is 0.242 e. The molecule has 1 aromatic heterocycles. The average Bonchev–Trinajstić information content (AvgIpc) is 2.98. The molecule has 2 heterocycles. The van der Waals surface area contributed by atoms with Gasteiger partial charge in [-0.3, -0.25) is 19.5 Å². The fourth-order valence-electron chi connectivity index (χ4n) is 3.65. The summed E-state index contributed by atoms with van der Waals surface area (Å²) in [4.78, 5) is 34.8. The minimum absolute atomic E-state index is 0.0464. The number of nitrogens with zero attached hydrogens (tertiary/aromatic N) is 4. The molecule has 0 saturated carbocycles. The van der Waals surface area contributed by atoms with Gasteiger partial charge >= 0.3 is 0 Å². The molecule has 2 rings (SSSR count).